The number of aromatic amines is 1. The molecule has 0 saturated carbocycles. The van der Waals surface area contributed by atoms with E-state index in [0.717, 1.165) is 28.3 Å². The van der Waals surface area contributed by atoms with Gasteiger partial charge in [0.25, 0.3) is 5.56 Å². The van der Waals surface area contributed by atoms with Crippen LogP contribution in [-0.4, -0.2) is 30.7 Å². The predicted molar refractivity (Wildman–Crippen MR) is 112 cm³/mol. The Morgan fingerprint density at radius 2 is 1.71 bits per heavy atom. The van der Waals surface area contributed by atoms with E-state index in [1.54, 1.807) is 6.92 Å². The van der Waals surface area contributed by atoms with Gasteiger partial charge in [0.1, 0.15) is 4.83 Å². The van der Waals surface area contributed by atoms with Crippen molar-refractivity contribution in [3.05, 3.63) is 62.9 Å². The largest absolute Gasteiger partial charge is 0.451 e. The third kappa shape index (κ3) is 5.18. The fraction of sp³-hybridized carbons (Fsp3) is 0.250. The first-order chi connectivity index (χ1) is 16.3. The average Bonchev–Trinajstić information content (AvgIpc) is 3.10. The Labute approximate surface area is 194 Å². The number of rotatable bonds is 5. The van der Waals surface area contributed by atoms with Gasteiger partial charge in [-0.15, -0.1) is 11.3 Å². The van der Waals surface area contributed by atoms with Crippen molar-refractivity contribution >= 4 is 21.6 Å². The molecule has 4 heterocycles. The molecule has 0 amide bonds. The summed E-state index contributed by atoms with van der Waals surface area (Å²) in [5.74, 6) is -1.40. The molecular weight excluding hydrogens is 504 g/mol. The second-order valence-corrected chi connectivity index (χ2v) is 8.24. The van der Waals surface area contributed by atoms with Crippen LogP contribution in [0, 0.1) is 6.92 Å². The zero-order valence-corrected chi connectivity index (χ0v) is 18.3. The van der Waals surface area contributed by atoms with Gasteiger partial charge in [-0.25, -0.2) is 19.7 Å². The number of thiophene rings is 1. The van der Waals surface area contributed by atoms with Gasteiger partial charge in [0, 0.05) is 29.2 Å². The van der Waals surface area contributed by atoms with Crippen molar-refractivity contribution in [2.24, 2.45) is 0 Å². The Kier molecular flexibility index (Phi) is 6.12. The van der Waals surface area contributed by atoms with Crippen molar-refractivity contribution < 1.29 is 31.1 Å². The van der Waals surface area contributed by atoms with Crippen molar-refractivity contribution in [1.29, 1.82) is 0 Å². The first-order valence-electron chi connectivity index (χ1n) is 9.70. The quantitative estimate of drug-likeness (QED) is 0.386. The normalized spacial score (nSPS) is 12.3. The number of hydrogen-bond acceptors (Lipinski definition) is 7. The summed E-state index contributed by atoms with van der Waals surface area (Å²) in [7, 11) is 0. The number of ether oxygens (including phenoxy) is 1. The van der Waals surface area contributed by atoms with Crippen LogP contribution >= 0.6 is 11.3 Å². The molecular formula is C20H13F6N5O3S. The molecule has 0 saturated heterocycles. The molecule has 0 aliphatic carbocycles. The van der Waals surface area contributed by atoms with E-state index in [2.05, 4.69) is 15.0 Å². The molecule has 184 valence electrons. The summed E-state index contributed by atoms with van der Waals surface area (Å²) in [6.45, 7) is 0.932. The summed E-state index contributed by atoms with van der Waals surface area (Å²) < 4.78 is 82.0. The third-order valence-electron chi connectivity index (χ3n) is 4.79. The third-order valence-corrected chi connectivity index (χ3v) is 6.15. The number of H-pyrrole nitrogens is 1. The molecule has 0 unspecified atom stereocenters. The van der Waals surface area contributed by atoms with E-state index in [-0.39, 0.29) is 21.8 Å². The van der Waals surface area contributed by atoms with Crippen LogP contribution in [-0.2, 0) is 12.7 Å². The van der Waals surface area contributed by atoms with Crippen LogP contribution in [0.25, 0.3) is 20.7 Å². The highest BCUT2D eigenvalue weighted by Gasteiger charge is 2.34. The summed E-state index contributed by atoms with van der Waals surface area (Å²) in [5, 5.41) is 0.0917. The first kappa shape index (κ1) is 24.4. The van der Waals surface area contributed by atoms with E-state index in [9.17, 15) is 35.9 Å². The molecule has 4 rings (SSSR count). The molecule has 0 bridgehead atoms. The highest BCUT2D eigenvalue weighted by molar-refractivity contribution is 7.22. The maximum absolute atomic E-state index is 12.7. The number of halogens is 6. The Hall–Kier alpha value is -3.75. The van der Waals surface area contributed by atoms with Crippen molar-refractivity contribution in [1.82, 2.24) is 24.5 Å². The summed E-state index contributed by atoms with van der Waals surface area (Å²) in [6, 6.07) is 2.94. The second-order valence-electron chi connectivity index (χ2n) is 7.24. The van der Waals surface area contributed by atoms with E-state index in [1.807, 2.05) is 4.98 Å². The second kappa shape index (κ2) is 8.79. The lowest BCUT2D eigenvalue weighted by atomic mass is 10.1. The Balaban J connectivity index is 1.64. The summed E-state index contributed by atoms with van der Waals surface area (Å²) in [6.07, 6.45) is -7.40. The number of hydrogen-bond donors (Lipinski definition) is 1. The number of alkyl halides is 6. The lowest BCUT2D eigenvalue weighted by Crippen LogP contribution is -2.31. The molecule has 8 nitrogen and oxygen atoms in total. The minimum absolute atomic E-state index is 0.0100. The fourth-order valence-corrected chi connectivity index (χ4v) is 4.52. The van der Waals surface area contributed by atoms with E-state index in [0.29, 0.717) is 16.0 Å². The van der Waals surface area contributed by atoms with Crippen molar-refractivity contribution in [3.63, 3.8) is 0 Å². The van der Waals surface area contributed by atoms with Crippen LogP contribution in [0.1, 0.15) is 17.8 Å². The molecule has 15 heteroatoms. The molecule has 0 atom stereocenters. The Morgan fingerprint density at radius 1 is 1.03 bits per heavy atom. The highest BCUT2D eigenvalue weighted by atomic mass is 32.1. The fourth-order valence-electron chi connectivity index (χ4n) is 3.20. The number of pyridine rings is 1. The van der Waals surface area contributed by atoms with Gasteiger partial charge in [0.15, 0.2) is 5.75 Å². The van der Waals surface area contributed by atoms with Gasteiger partial charge < -0.3 is 4.74 Å². The van der Waals surface area contributed by atoms with Gasteiger partial charge in [0.2, 0.25) is 11.7 Å². The average molecular weight is 517 g/mol. The molecule has 0 aliphatic heterocycles. The summed E-state index contributed by atoms with van der Waals surface area (Å²) in [5.41, 5.74) is -0.740. The van der Waals surface area contributed by atoms with Crippen LogP contribution < -0.4 is 16.0 Å². The van der Waals surface area contributed by atoms with Crippen molar-refractivity contribution in [2.45, 2.75) is 32.2 Å². The van der Waals surface area contributed by atoms with Crippen molar-refractivity contribution in [2.75, 3.05) is 0 Å². The zero-order valence-electron chi connectivity index (χ0n) is 17.5. The van der Waals surface area contributed by atoms with Crippen LogP contribution in [0.2, 0.25) is 0 Å². The van der Waals surface area contributed by atoms with Gasteiger partial charge in [-0.1, -0.05) is 0 Å². The number of nitrogens with zero attached hydrogens (tertiary/aromatic N) is 4. The lowest BCUT2D eigenvalue weighted by Gasteiger charge is -2.09. The van der Waals surface area contributed by atoms with Crippen LogP contribution in [0.5, 0.6) is 11.6 Å². The van der Waals surface area contributed by atoms with Gasteiger partial charge in [-0.05, 0) is 18.6 Å². The van der Waals surface area contributed by atoms with Gasteiger partial charge in [0.05, 0.1) is 24.2 Å². The first-order valence-corrected chi connectivity index (χ1v) is 10.5. The predicted octanol–water partition coefficient (Wildman–Crippen LogP) is 4.68. The molecule has 0 aromatic carbocycles. The van der Waals surface area contributed by atoms with Gasteiger partial charge in [-0.3, -0.25) is 14.3 Å². The lowest BCUT2D eigenvalue weighted by molar-refractivity contribution is -0.145. The standard InChI is InChI=1S/C20H13F6N5O3S/c1-9-13-15(32)30-18(33)31(5-4-19(21,22)23)16(13)35-14(9)10-2-3-12(27-6-10)34-11-7-28-17(29-8-11)20(24,25)26/h2-3,6-8H,4-5H2,1H3,(H,30,32,33). The minimum atomic E-state index is -4.69. The van der Waals surface area contributed by atoms with Crippen molar-refractivity contribution in [3.8, 4) is 22.1 Å². The molecule has 0 radical (unpaired) electrons. The topological polar surface area (TPSA) is 103 Å². The van der Waals surface area contributed by atoms with E-state index >= 15 is 0 Å². The molecule has 4 aromatic rings. The SMILES string of the molecule is Cc1c(-c2ccc(Oc3cnc(C(F)(F)F)nc3)nc2)sc2c1c(=O)[nH]c(=O)n2CCC(F)(F)F. The van der Waals surface area contributed by atoms with Crippen LogP contribution in [0.15, 0.2) is 40.3 Å². The maximum atomic E-state index is 12.7. The molecule has 0 fully saturated rings. The minimum Gasteiger partial charge on any atom is -0.436 e. The summed E-state index contributed by atoms with van der Waals surface area (Å²) in [4.78, 5) is 37.6. The van der Waals surface area contributed by atoms with E-state index in [4.69, 9.17) is 4.74 Å². The zero-order chi connectivity index (χ0) is 25.5. The molecule has 35 heavy (non-hydrogen) atoms. The van der Waals surface area contributed by atoms with Crippen LogP contribution in [0.4, 0.5) is 26.3 Å². The van der Waals surface area contributed by atoms with E-state index < -0.39 is 42.4 Å². The van der Waals surface area contributed by atoms with Gasteiger partial charge >= 0.3 is 18.0 Å². The molecule has 0 spiro atoms. The smallest absolute Gasteiger partial charge is 0.436 e. The molecule has 0 aliphatic rings. The van der Waals surface area contributed by atoms with E-state index in [1.165, 1.54) is 18.3 Å². The number of aryl methyl sites for hydroxylation is 2. The van der Waals surface area contributed by atoms with Gasteiger partial charge in [-0.2, -0.15) is 26.3 Å². The Bertz CT molecular complexity index is 1490. The molecule has 4 aromatic heterocycles. The summed E-state index contributed by atoms with van der Waals surface area (Å²) >= 11 is 0.965. The number of aromatic nitrogens is 5. The number of nitrogens with one attached hydrogen (secondary N) is 1. The molecule has 1 N–H and O–H groups in total. The number of fused-ring (bicyclic) bond motifs is 1. The van der Waals surface area contributed by atoms with Crippen LogP contribution in [0.3, 0.4) is 0 Å². The maximum Gasteiger partial charge on any atom is 0.451 e. The highest BCUT2D eigenvalue weighted by Crippen LogP contribution is 2.37. The Morgan fingerprint density at radius 3 is 2.29 bits per heavy atom. The monoisotopic (exact) mass is 517 g/mol.